The number of H-pyrrole nitrogens is 1. The summed E-state index contributed by atoms with van der Waals surface area (Å²) < 4.78 is 14.5. The standard InChI is InChI=1S/C18H12ClFN4O/c19-15-8-13(20)2-1-12(15)7-14-9-18(25)24-17(22-14)10-16(23-24)11-3-5-21-6-4-11/h1-6,8-10,23H,7H2. The smallest absolute Gasteiger partial charge is 0.272 e. The predicted octanol–water partition coefficient (Wildman–Crippen LogP) is 3.47. The highest BCUT2D eigenvalue weighted by molar-refractivity contribution is 6.31. The van der Waals surface area contributed by atoms with Gasteiger partial charge in [-0.2, -0.15) is 0 Å². The van der Waals surface area contributed by atoms with E-state index in [1.807, 2.05) is 12.1 Å². The Balaban J connectivity index is 1.75. The minimum atomic E-state index is -0.398. The quantitative estimate of drug-likeness (QED) is 0.612. The molecule has 0 atom stereocenters. The van der Waals surface area contributed by atoms with Gasteiger partial charge in [-0.3, -0.25) is 14.9 Å². The summed E-state index contributed by atoms with van der Waals surface area (Å²) in [5, 5.41) is 3.34. The van der Waals surface area contributed by atoms with E-state index in [9.17, 15) is 9.18 Å². The van der Waals surface area contributed by atoms with E-state index in [0.717, 1.165) is 11.3 Å². The Morgan fingerprint density at radius 3 is 2.68 bits per heavy atom. The maximum atomic E-state index is 13.2. The van der Waals surface area contributed by atoms with Gasteiger partial charge in [0.25, 0.3) is 5.56 Å². The van der Waals surface area contributed by atoms with Gasteiger partial charge < -0.3 is 0 Å². The third-order valence-corrected chi connectivity index (χ3v) is 4.23. The highest BCUT2D eigenvalue weighted by atomic mass is 35.5. The van der Waals surface area contributed by atoms with E-state index >= 15 is 0 Å². The Labute approximate surface area is 146 Å². The third-order valence-electron chi connectivity index (χ3n) is 3.88. The van der Waals surface area contributed by atoms with E-state index in [1.54, 1.807) is 24.5 Å². The summed E-state index contributed by atoms with van der Waals surface area (Å²) >= 11 is 6.06. The van der Waals surface area contributed by atoms with Gasteiger partial charge in [-0.25, -0.2) is 13.9 Å². The Hall–Kier alpha value is -2.99. The van der Waals surface area contributed by atoms with Crippen molar-refractivity contribution in [3.05, 3.63) is 87.3 Å². The van der Waals surface area contributed by atoms with Gasteiger partial charge in [0, 0.05) is 41.5 Å². The molecule has 7 heteroatoms. The van der Waals surface area contributed by atoms with Gasteiger partial charge in [-0.15, -0.1) is 0 Å². The van der Waals surface area contributed by atoms with E-state index in [2.05, 4.69) is 15.1 Å². The lowest BCUT2D eigenvalue weighted by Crippen LogP contribution is -2.15. The normalized spacial score (nSPS) is 11.1. The molecular formula is C18H12ClFN4O. The van der Waals surface area contributed by atoms with Crippen LogP contribution in [0.1, 0.15) is 11.3 Å². The molecule has 4 aromatic rings. The monoisotopic (exact) mass is 354 g/mol. The Kier molecular flexibility index (Phi) is 3.82. The van der Waals surface area contributed by atoms with Crippen molar-refractivity contribution >= 4 is 17.2 Å². The fourth-order valence-corrected chi connectivity index (χ4v) is 2.90. The molecule has 0 fully saturated rings. The largest absolute Gasteiger partial charge is 0.289 e. The van der Waals surface area contributed by atoms with E-state index in [1.165, 1.54) is 22.7 Å². The van der Waals surface area contributed by atoms with Crippen LogP contribution >= 0.6 is 11.6 Å². The first-order chi connectivity index (χ1) is 12.1. The molecule has 25 heavy (non-hydrogen) atoms. The van der Waals surface area contributed by atoms with E-state index in [0.29, 0.717) is 28.3 Å². The van der Waals surface area contributed by atoms with Crippen LogP contribution in [0.4, 0.5) is 4.39 Å². The average molecular weight is 355 g/mol. The lowest BCUT2D eigenvalue weighted by atomic mass is 10.1. The van der Waals surface area contributed by atoms with Crippen molar-refractivity contribution in [1.82, 2.24) is 19.6 Å². The fourth-order valence-electron chi connectivity index (χ4n) is 2.67. The topological polar surface area (TPSA) is 63.0 Å². The average Bonchev–Trinajstić information content (AvgIpc) is 3.03. The summed E-state index contributed by atoms with van der Waals surface area (Å²) in [5.41, 5.74) is 3.24. The summed E-state index contributed by atoms with van der Waals surface area (Å²) in [7, 11) is 0. The molecular weight excluding hydrogens is 343 g/mol. The second-order valence-corrected chi connectivity index (χ2v) is 6.00. The molecule has 0 amide bonds. The number of aromatic nitrogens is 4. The molecule has 124 valence electrons. The number of aromatic amines is 1. The van der Waals surface area contributed by atoms with Gasteiger partial charge in [0.05, 0.1) is 11.4 Å². The molecule has 1 aromatic carbocycles. The third kappa shape index (κ3) is 3.04. The fraction of sp³-hybridized carbons (Fsp3) is 0.0556. The molecule has 0 spiro atoms. The number of halogens is 2. The van der Waals surface area contributed by atoms with Crippen LogP contribution in [-0.4, -0.2) is 19.6 Å². The second kappa shape index (κ2) is 6.14. The Morgan fingerprint density at radius 2 is 1.92 bits per heavy atom. The van der Waals surface area contributed by atoms with Crippen LogP contribution in [-0.2, 0) is 6.42 Å². The van der Waals surface area contributed by atoms with Gasteiger partial charge in [0.1, 0.15) is 5.82 Å². The zero-order valence-electron chi connectivity index (χ0n) is 12.9. The van der Waals surface area contributed by atoms with Gasteiger partial charge in [-0.1, -0.05) is 17.7 Å². The molecule has 0 aliphatic rings. The maximum Gasteiger partial charge on any atom is 0.272 e. The van der Waals surface area contributed by atoms with Crippen LogP contribution in [0, 0.1) is 5.82 Å². The SMILES string of the molecule is O=c1cc(Cc2ccc(F)cc2Cl)nc2cc(-c3ccncc3)[nH]n12. The lowest BCUT2D eigenvalue weighted by molar-refractivity contribution is 0.627. The van der Waals surface area contributed by atoms with Crippen molar-refractivity contribution in [2.75, 3.05) is 0 Å². The van der Waals surface area contributed by atoms with Crippen molar-refractivity contribution in [3.8, 4) is 11.3 Å². The molecule has 4 rings (SSSR count). The number of nitrogens with one attached hydrogen (secondary N) is 1. The van der Waals surface area contributed by atoms with E-state index < -0.39 is 5.82 Å². The summed E-state index contributed by atoms with van der Waals surface area (Å²) in [4.78, 5) is 20.8. The van der Waals surface area contributed by atoms with Crippen LogP contribution in [0.2, 0.25) is 5.02 Å². The van der Waals surface area contributed by atoms with Gasteiger partial charge in [0.2, 0.25) is 0 Å². The number of hydrogen-bond acceptors (Lipinski definition) is 3. The molecule has 0 saturated heterocycles. The van der Waals surface area contributed by atoms with E-state index in [-0.39, 0.29) is 5.56 Å². The number of benzene rings is 1. The van der Waals surface area contributed by atoms with Crippen LogP contribution < -0.4 is 5.56 Å². The summed E-state index contributed by atoms with van der Waals surface area (Å²) in [6.07, 6.45) is 3.71. The van der Waals surface area contributed by atoms with Crippen LogP contribution in [0.3, 0.4) is 0 Å². The zero-order chi connectivity index (χ0) is 17.4. The molecule has 0 aliphatic heterocycles. The van der Waals surface area contributed by atoms with Crippen molar-refractivity contribution in [2.45, 2.75) is 6.42 Å². The molecule has 3 aromatic heterocycles. The van der Waals surface area contributed by atoms with Crippen LogP contribution in [0.15, 0.2) is 59.7 Å². The number of hydrogen-bond donors (Lipinski definition) is 1. The summed E-state index contributed by atoms with van der Waals surface area (Å²) in [6, 6.07) is 11.1. The van der Waals surface area contributed by atoms with Crippen LogP contribution in [0.25, 0.3) is 16.9 Å². The first kappa shape index (κ1) is 15.5. The van der Waals surface area contributed by atoms with Crippen LogP contribution in [0.5, 0.6) is 0 Å². The lowest BCUT2D eigenvalue weighted by Gasteiger charge is -2.04. The predicted molar refractivity (Wildman–Crippen MR) is 93.3 cm³/mol. The molecule has 0 saturated carbocycles. The number of fused-ring (bicyclic) bond motifs is 1. The zero-order valence-corrected chi connectivity index (χ0v) is 13.7. The number of pyridine rings is 1. The molecule has 0 aliphatic carbocycles. The summed E-state index contributed by atoms with van der Waals surface area (Å²) in [5.74, 6) is -0.398. The summed E-state index contributed by atoms with van der Waals surface area (Å²) in [6.45, 7) is 0. The highest BCUT2D eigenvalue weighted by Crippen LogP contribution is 2.21. The van der Waals surface area contributed by atoms with Crippen molar-refractivity contribution in [2.24, 2.45) is 0 Å². The van der Waals surface area contributed by atoms with Gasteiger partial charge in [-0.05, 0) is 29.8 Å². The molecule has 0 unspecified atom stereocenters. The maximum absolute atomic E-state index is 13.2. The molecule has 1 N–H and O–H groups in total. The minimum Gasteiger partial charge on any atom is -0.289 e. The van der Waals surface area contributed by atoms with Crippen molar-refractivity contribution in [1.29, 1.82) is 0 Å². The number of nitrogens with zero attached hydrogens (tertiary/aromatic N) is 3. The molecule has 0 radical (unpaired) electrons. The highest BCUT2D eigenvalue weighted by Gasteiger charge is 2.10. The van der Waals surface area contributed by atoms with Crippen molar-refractivity contribution in [3.63, 3.8) is 0 Å². The first-order valence-corrected chi connectivity index (χ1v) is 7.94. The second-order valence-electron chi connectivity index (χ2n) is 5.60. The Morgan fingerprint density at radius 1 is 1.12 bits per heavy atom. The number of rotatable bonds is 3. The first-order valence-electron chi connectivity index (χ1n) is 7.56. The molecule has 0 bridgehead atoms. The van der Waals surface area contributed by atoms with Crippen molar-refractivity contribution < 1.29 is 4.39 Å². The van der Waals surface area contributed by atoms with E-state index in [4.69, 9.17) is 11.6 Å². The molecule has 5 nitrogen and oxygen atoms in total. The molecule has 3 heterocycles. The Bertz CT molecular complexity index is 1120. The van der Waals surface area contributed by atoms with Gasteiger partial charge >= 0.3 is 0 Å². The minimum absolute atomic E-state index is 0.224. The van der Waals surface area contributed by atoms with Gasteiger partial charge in [0.15, 0.2) is 5.65 Å².